The van der Waals surface area contributed by atoms with E-state index in [1.165, 1.54) is 276 Å². The Kier molecular flexibility index (Phi) is 59.5. The van der Waals surface area contributed by atoms with E-state index in [9.17, 15) is 19.8 Å². The van der Waals surface area contributed by atoms with Gasteiger partial charge in [0, 0.05) is 12.8 Å². The fourth-order valence-corrected chi connectivity index (χ4v) is 10.0. The Bertz CT molecular complexity index is 1110. The molecule has 0 aromatic heterocycles. The molecule has 0 aromatic rings. The topological polar surface area (TPSA) is 95.9 Å². The van der Waals surface area contributed by atoms with Crippen molar-refractivity contribution < 1.29 is 24.5 Å². The molecule has 0 rings (SSSR count). The van der Waals surface area contributed by atoms with Crippen molar-refractivity contribution in [3.05, 3.63) is 24.3 Å². The standard InChI is InChI=1S/C65H125NO5/c1-3-5-7-9-11-13-15-17-18-19-20-21-24-27-30-34-37-41-45-49-53-57-63(68)62(61-67)66-64(69)58-54-50-46-42-38-35-31-28-25-22-23-26-29-32-36-40-44-48-52-56-60-71-65(70)59-55-51-47-43-39-33-16-14-12-10-8-6-4-2/h14,16,22,25,62-63,67-68H,3-13,15,17-21,23-24,26-61H2,1-2H3,(H,66,69)/b16-14-,25-22-. The van der Waals surface area contributed by atoms with Crippen LogP contribution in [0, 0.1) is 0 Å². The lowest BCUT2D eigenvalue weighted by atomic mass is 10.0. The summed E-state index contributed by atoms with van der Waals surface area (Å²) in [6, 6.07) is -0.549. The zero-order valence-corrected chi connectivity index (χ0v) is 48.0. The van der Waals surface area contributed by atoms with Gasteiger partial charge >= 0.3 is 5.97 Å². The lowest BCUT2D eigenvalue weighted by Gasteiger charge is -2.22. The summed E-state index contributed by atoms with van der Waals surface area (Å²) in [5.41, 5.74) is 0. The second kappa shape index (κ2) is 60.9. The van der Waals surface area contributed by atoms with E-state index >= 15 is 0 Å². The molecule has 0 aliphatic heterocycles. The van der Waals surface area contributed by atoms with Crippen LogP contribution in [0.25, 0.3) is 0 Å². The van der Waals surface area contributed by atoms with E-state index in [4.69, 9.17) is 4.74 Å². The SMILES string of the molecule is CCCCCC/C=C\CCCCCCCC(=O)OCCCCCCCCCCC/C=C\CCCCCCCCCC(=O)NC(CO)C(O)CCCCCCCCCCCCCCCCCCCCCCC. The smallest absolute Gasteiger partial charge is 0.305 e. The van der Waals surface area contributed by atoms with Gasteiger partial charge in [-0.25, -0.2) is 0 Å². The largest absolute Gasteiger partial charge is 0.466 e. The number of hydrogen-bond donors (Lipinski definition) is 3. The number of esters is 1. The van der Waals surface area contributed by atoms with Gasteiger partial charge in [0.1, 0.15) is 0 Å². The molecule has 2 unspecified atom stereocenters. The molecule has 2 atom stereocenters. The summed E-state index contributed by atoms with van der Waals surface area (Å²) in [5, 5.41) is 23.4. The number of unbranched alkanes of at least 4 members (excludes halogenated alkanes) is 45. The van der Waals surface area contributed by atoms with E-state index in [1.807, 2.05) is 0 Å². The van der Waals surface area contributed by atoms with Crippen molar-refractivity contribution in [2.45, 2.75) is 366 Å². The van der Waals surface area contributed by atoms with Gasteiger partial charge in [-0.05, 0) is 77.0 Å². The number of carbonyl (C=O) groups excluding carboxylic acids is 2. The summed E-state index contributed by atoms with van der Waals surface area (Å²) < 4.78 is 5.47. The Labute approximate surface area is 443 Å². The molecule has 420 valence electrons. The highest BCUT2D eigenvalue weighted by Gasteiger charge is 2.20. The van der Waals surface area contributed by atoms with E-state index in [-0.39, 0.29) is 18.5 Å². The van der Waals surface area contributed by atoms with E-state index in [2.05, 4.69) is 43.5 Å². The second-order valence-corrected chi connectivity index (χ2v) is 22.1. The van der Waals surface area contributed by atoms with Gasteiger partial charge in [-0.2, -0.15) is 0 Å². The van der Waals surface area contributed by atoms with Crippen LogP contribution in [0.1, 0.15) is 354 Å². The van der Waals surface area contributed by atoms with Crippen LogP contribution in [-0.2, 0) is 14.3 Å². The lowest BCUT2D eigenvalue weighted by molar-refractivity contribution is -0.143. The monoisotopic (exact) mass is 1000 g/mol. The van der Waals surface area contributed by atoms with E-state index in [0.717, 1.165) is 44.9 Å². The van der Waals surface area contributed by atoms with Crippen molar-refractivity contribution in [3.63, 3.8) is 0 Å². The highest BCUT2D eigenvalue weighted by molar-refractivity contribution is 5.76. The molecular weight excluding hydrogens is 875 g/mol. The first-order chi connectivity index (χ1) is 35.0. The van der Waals surface area contributed by atoms with Gasteiger partial charge in [-0.1, -0.05) is 289 Å². The number of allylic oxidation sites excluding steroid dienone is 4. The van der Waals surface area contributed by atoms with Crippen molar-refractivity contribution >= 4 is 11.9 Å². The Morgan fingerprint density at radius 1 is 0.380 bits per heavy atom. The summed E-state index contributed by atoms with van der Waals surface area (Å²) in [5.74, 6) is -0.0427. The molecule has 0 bridgehead atoms. The first kappa shape index (κ1) is 69.3. The minimum absolute atomic E-state index is 0.00240. The molecule has 0 saturated heterocycles. The third-order valence-electron chi connectivity index (χ3n) is 15.0. The number of rotatable bonds is 60. The fourth-order valence-electron chi connectivity index (χ4n) is 10.0. The van der Waals surface area contributed by atoms with Gasteiger partial charge in [0.15, 0.2) is 0 Å². The normalized spacial score (nSPS) is 12.7. The molecular formula is C65H125NO5. The summed E-state index contributed by atoms with van der Waals surface area (Å²) >= 11 is 0. The minimum Gasteiger partial charge on any atom is -0.466 e. The molecule has 0 radical (unpaired) electrons. The van der Waals surface area contributed by atoms with Gasteiger partial charge in [-0.3, -0.25) is 9.59 Å². The maximum atomic E-state index is 12.5. The van der Waals surface area contributed by atoms with Gasteiger partial charge in [-0.15, -0.1) is 0 Å². The first-order valence-electron chi connectivity index (χ1n) is 32.1. The summed E-state index contributed by atoms with van der Waals surface area (Å²) in [6.45, 7) is 4.95. The number of aliphatic hydroxyl groups excluding tert-OH is 2. The summed E-state index contributed by atoms with van der Waals surface area (Å²) in [4.78, 5) is 24.6. The number of amides is 1. The molecule has 0 fully saturated rings. The maximum Gasteiger partial charge on any atom is 0.305 e. The number of hydrogen-bond acceptors (Lipinski definition) is 5. The van der Waals surface area contributed by atoms with Crippen LogP contribution in [0.4, 0.5) is 0 Å². The predicted molar refractivity (Wildman–Crippen MR) is 310 cm³/mol. The van der Waals surface area contributed by atoms with Crippen LogP contribution in [0.3, 0.4) is 0 Å². The van der Waals surface area contributed by atoms with Crippen LogP contribution in [0.2, 0.25) is 0 Å². The Balaban J connectivity index is 3.44. The molecule has 71 heavy (non-hydrogen) atoms. The number of nitrogens with one attached hydrogen (secondary N) is 1. The van der Waals surface area contributed by atoms with Crippen LogP contribution in [-0.4, -0.2) is 47.4 Å². The highest BCUT2D eigenvalue weighted by Crippen LogP contribution is 2.18. The molecule has 0 saturated carbocycles. The molecule has 6 heteroatoms. The lowest BCUT2D eigenvalue weighted by Crippen LogP contribution is -2.45. The van der Waals surface area contributed by atoms with Crippen molar-refractivity contribution in [1.29, 1.82) is 0 Å². The minimum atomic E-state index is -0.671. The van der Waals surface area contributed by atoms with Gasteiger partial charge in [0.05, 0.1) is 25.4 Å². The molecule has 0 aliphatic carbocycles. The fraction of sp³-hybridized carbons (Fsp3) is 0.908. The van der Waals surface area contributed by atoms with Crippen molar-refractivity contribution in [3.8, 4) is 0 Å². The zero-order valence-electron chi connectivity index (χ0n) is 48.0. The van der Waals surface area contributed by atoms with Crippen LogP contribution in [0.15, 0.2) is 24.3 Å². The summed E-state index contributed by atoms with van der Waals surface area (Å²) in [7, 11) is 0. The van der Waals surface area contributed by atoms with Crippen LogP contribution in [0.5, 0.6) is 0 Å². The zero-order chi connectivity index (χ0) is 51.4. The van der Waals surface area contributed by atoms with E-state index in [0.29, 0.717) is 25.9 Å². The quantitative estimate of drug-likeness (QED) is 0.0320. The Morgan fingerprint density at radius 2 is 0.662 bits per heavy atom. The van der Waals surface area contributed by atoms with Gasteiger partial charge in [0.2, 0.25) is 5.91 Å². The number of ether oxygens (including phenoxy) is 1. The van der Waals surface area contributed by atoms with E-state index in [1.54, 1.807) is 0 Å². The third kappa shape index (κ3) is 57.5. The van der Waals surface area contributed by atoms with Crippen molar-refractivity contribution in [2.24, 2.45) is 0 Å². The van der Waals surface area contributed by atoms with Gasteiger partial charge < -0.3 is 20.3 Å². The third-order valence-corrected chi connectivity index (χ3v) is 15.0. The van der Waals surface area contributed by atoms with Crippen LogP contribution >= 0.6 is 0 Å². The Hall–Kier alpha value is -1.66. The molecule has 3 N–H and O–H groups in total. The highest BCUT2D eigenvalue weighted by atomic mass is 16.5. The van der Waals surface area contributed by atoms with Crippen LogP contribution < -0.4 is 5.32 Å². The van der Waals surface area contributed by atoms with E-state index < -0.39 is 12.1 Å². The molecule has 6 nitrogen and oxygen atoms in total. The maximum absolute atomic E-state index is 12.5. The number of aliphatic hydroxyl groups is 2. The van der Waals surface area contributed by atoms with Crippen molar-refractivity contribution in [2.75, 3.05) is 13.2 Å². The molecule has 0 heterocycles. The molecule has 0 aromatic carbocycles. The van der Waals surface area contributed by atoms with Gasteiger partial charge in [0.25, 0.3) is 0 Å². The predicted octanol–water partition coefficient (Wildman–Crippen LogP) is 20.2. The first-order valence-corrected chi connectivity index (χ1v) is 32.1. The average molecular weight is 1000 g/mol. The number of carbonyl (C=O) groups is 2. The summed E-state index contributed by atoms with van der Waals surface area (Å²) in [6.07, 6.45) is 74.7. The molecule has 0 aliphatic rings. The molecule has 1 amide bonds. The average Bonchev–Trinajstić information content (AvgIpc) is 3.37. The Morgan fingerprint density at radius 3 is 1.01 bits per heavy atom. The second-order valence-electron chi connectivity index (χ2n) is 22.1. The van der Waals surface area contributed by atoms with Crippen molar-refractivity contribution in [1.82, 2.24) is 5.32 Å². The molecule has 0 spiro atoms.